The van der Waals surface area contributed by atoms with Gasteiger partial charge in [-0.2, -0.15) is 0 Å². The van der Waals surface area contributed by atoms with Gasteiger partial charge in [-0.25, -0.2) is 35.5 Å². The number of Topliss-reactive ketones (excluding diaryl/α,β-unsaturated/α-hetero) is 4. The monoisotopic (exact) mass is 1440 g/mol. The minimum Gasteiger partial charge on any atom is -0.756 e. The zero-order chi connectivity index (χ0) is 64.6. The molecule has 0 aromatic carbocycles. The summed E-state index contributed by atoms with van der Waals surface area (Å²) in [5.74, 6) is -5.74. The third-order valence-corrected chi connectivity index (χ3v) is 15.6. The Kier molecular flexibility index (Phi) is 49.2. The van der Waals surface area contributed by atoms with Crippen LogP contribution in [0.15, 0.2) is 0 Å². The summed E-state index contributed by atoms with van der Waals surface area (Å²) in [5.41, 5.74) is 0. The Morgan fingerprint density at radius 3 is 0.524 bits per heavy atom. The molecule has 0 rings (SSSR count). The molecule has 0 spiro atoms. The van der Waals surface area contributed by atoms with Crippen molar-refractivity contribution in [1.29, 1.82) is 0 Å². The zero-order valence-electron chi connectivity index (χ0n) is 40.1. The zero-order valence-corrected chi connectivity index (χ0v) is 51.7. The molecule has 0 radical (unpaired) electrons. The van der Waals surface area contributed by atoms with Gasteiger partial charge in [-0.3, -0.25) is 37.4 Å². The van der Waals surface area contributed by atoms with Crippen molar-refractivity contribution in [3.63, 3.8) is 0 Å². The smallest absolute Gasteiger partial charge is 0.756 e. The van der Waals surface area contributed by atoms with Gasteiger partial charge in [-0.1, -0.05) is 0 Å². The van der Waals surface area contributed by atoms with Gasteiger partial charge in [0.15, 0.2) is 23.1 Å². The van der Waals surface area contributed by atoms with Crippen LogP contribution in [0.25, 0.3) is 0 Å². The maximum absolute atomic E-state index is 11.2. The molecule has 16 atom stereocenters. The average Bonchev–Trinajstić information content (AvgIpc) is 3.30. The largest absolute Gasteiger partial charge is 2.00 e. The van der Waals surface area contributed by atoms with E-state index in [1.807, 2.05) is 0 Å². The van der Waals surface area contributed by atoms with Crippen LogP contribution < -0.4 is 19.6 Å². The Hall–Kier alpha value is 1.60. The van der Waals surface area contributed by atoms with Crippen molar-refractivity contribution in [2.24, 2.45) is 0 Å². The molecule has 0 aliphatic heterocycles. The van der Waals surface area contributed by atoms with Gasteiger partial charge in [0.2, 0.25) is 0 Å². The van der Waals surface area contributed by atoms with Crippen molar-refractivity contribution < 1.29 is 231 Å². The molecule has 24 N–H and O–H groups in total. The quantitative estimate of drug-likeness (QED) is 0.0205. The van der Waals surface area contributed by atoms with Crippen molar-refractivity contribution in [2.75, 3.05) is 52.9 Å². The summed E-state index contributed by atoms with van der Waals surface area (Å²) in [6.07, 6.45) is -25.0. The molecule has 0 fully saturated rings. The average molecular weight is 1440 g/mol. The fraction of sp³-hybridized carbons (Fsp3) is 0.833. The fourth-order valence-corrected chi connectivity index (χ4v) is 9.63. The Morgan fingerprint density at radius 1 is 0.305 bits per heavy atom. The van der Waals surface area contributed by atoms with Crippen molar-refractivity contribution >= 4 is 161 Å². The van der Waals surface area contributed by atoms with E-state index in [0.29, 0.717) is 0 Å². The molecule has 0 bridgehead atoms. The molecule has 0 saturated heterocycles. The van der Waals surface area contributed by atoms with Gasteiger partial charge in [0.05, 0.1) is 26.4 Å². The van der Waals surface area contributed by atoms with Crippen LogP contribution in [0, 0.1) is 0 Å². The van der Waals surface area contributed by atoms with Crippen molar-refractivity contribution in [3.8, 4) is 0 Å². The molecule has 82 heavy (non-hydrogen) atoms. The molecule has 480 valence electrons. The minimum atomic E-state index is -5.51. The van der Waals surface area contributed by atoms with Crippen LogP contribution in [0.1, 0.15) is 0 Å². The number of phosphoric ester groups is 4. The van der Waals surface area contributed by atoms with E-state index < -0.39 is 212 Å². The van der Waals surface area contributed by atoms with Gasteiger partial charge in [0, 0.05) is 0 Å². The summed E-state index contributed by atoms with van der Waals surface area (Å²) in [4.78, 5) is 154. The molecule has 0 aliphatic carbocycles. The van der Waals surface area contributed by atoms with Gasteiger partial charge in [0.1, 0.15) is 99.7 Å². The first kappa shape index (κ1) is 94.7. The normalized spacial score (nSPS) is 19.5. The molecule has 4 unspecified atom stereocenters. The first-order chi connectivity index (χ1) is 35.6. The molecule has 0 amide bonds. The minimum absolute atomic E-state index is 0. The molecule has 0 aromatic heterocycles. The van der Waals surface area contributed by atoms with Crippen molar-refractivity contribution in [1.82, 2.24) is 0 Å². The van der Waals surface area contributed by atoms with Crippen LogP contribution in [0.2, 0.25) is 0 Å². The summed E-state index contributed by atoms with van der Waals surface area (Å²) in [5, 5.41) is 143. The van der Waals surface area contributed by atoms with Gasteiger partial charge in [-0.05, 0) is 0 Å². The molecule has 48 nitrogen and oxygen atoms in total. The van der Waals surface area contributed by atoms with Crippen LogP contribution in [0.3, 0.4) is 0 Å². The van der Waals surface area contributed by atoms with Crippen LogP contribution in [-0.4, -0.2) is 346 Å². The number of hydrogen-bond acceptors (Lipinski definition) is 40. The predicted octanol–water partition coefficient (Wildman–Crippen LogP) is -15.9. The van der Waals surface area contributed by atoms with E-state index in [4.69, 9.17) is 100 Å². The third-order valence-electron chi connectivity index (χ3n) is 7.22. The second kappa shape index (κ2) is 42.6. The molecular weight excluding hydrogens is 1380 g/mol. The Morgan fingerprint density at radius 2 is 0.427 bits per heavy atom. The van der Waals surface area contributed by atoms with Crippen molar-refractivity contribution in [2.45, 2.75) is 73.2 Å². The fourth-order valence-electron chi connectivity index (χ4n) is 3.56. The Labute approximate surface area is 515 Å². The first-order valence-electron chi connectivity index (χ1n) is 19.2. The first-order valence-corrected chi connectivity index (χ1v) is 31.1. The molecule has 0 aromatic rings. The topological polar surface area (TPSA) is 856 Å². The summed E-state index contributed by atoms with van der Waals surface area (Å²) in [6.45, 7) is -9.54. The molecule has 58 heteroatoms. The number of aliphatic hydroxyl groups excluding tert-OH is 16. The van der Waals surface area contributed by atoms with E-state index in [1.165, 1.54) is 0 Å². The number of hydrogen-bond donors (Lipinski definition) is 24. The summed E-state index contributed by atoms with van der Waals surface area (Å²) < 4.78 is 112. The number of phosphoric acid groups is 8. The van der Waals surface area contributed by atoms with Gasteiger partial charge in [0.25, 0.3) is 31.3 Å². The summed E-state index contributed by atoms with van der Waals surface area (Å²) in [6, 6.07) is 0. The van der Waals surface area contributed by atoms with Crippen molar-refractivity contribution in [3.05, 3.63) is 0 Å². The number of rotatable bonds is 36. The van der Waals surface area contributed by atoms with Crippen LogP contribution in [-0.2, 0) is 91.0 Å². The summed E-state index contributed by atoms with van der Waals surface area (Å²) >= 11 is 0. The maximum atomic E-state index is 11.2. The van der Waals surface area contributed by atoms with Crippen LogP contribution in [0.4, 0.5) is 0 Å². The van der Waals surface area contributed by atoms with Crippen LogP contribution >= 0.6 is 62.6 Å². The van der Waals surface area contributed by atoms with E-state index in [2.05, 4.69) is 35.3 Å². The number of carbonyl (C=O) groups is 4. The Balaban J connectivity index is -0.000000233. The SMILES string of the molecule is O=C(COP(=O)([O-])OP(=O)(O)O)[C@@H](O)[C@H](O)[C@H](O)CO.O=C(COP(=O)([O-])OP(=O)(O)O)[C@@H](O)[C@H](O)[C@H](O)CO.O=C(COP(=O)([O-])OP(=O)(O)O)[C@@H](O)[C@H](O)[C@H](O)CO.O=C(COP(=O)([O-])OP(=O)(O)O)[C@@H](O)[C@H](O)[C@H](O)CO.[Ca+2].[Ca+2]. The van der Waals surface area contributed by atoms with Gasteiger partial charge >= 0.3 is 107 Å². The molecule has 0 aliphatic rings. The standard InChI is InChI=1S/4C6H14O12P2.2Ca/c4*7-1-3(8)5(10)6(11)4(9)2-17-20(15,16)18-19(12,13)14;;/h4*3,5-8,10-11H,1-2H2,(H,15,16)(H2,12,13,14);;/q;;;;2*+2/p-4/t4*3-,5-,6-;;/m1111../s1. The van der Waals surface area contributed by atoms with Crippen LogP contribution in [0.5, 0.6) is 0 Å². The molecule has 0 saturated carbocycles. The molecular formula is C24H52Ca2O48P8. The maximum Gasteiger partial charge on any atom is 2.00 e. The van der Waals surface area contributed by atoms with E-state index in [0.717, 1.165) is 0 Å². The van der Waals surface area contributed by atoms with Gasteiger partial charge in [-0.15, -0.1) is 0 Å². The van der Waals surface area contributed by atoms with E-state index >= 15 is 0 Å². The van der Waals surface area contributed by atoms with Gasteiger partial charge < -0.3 is 159 Å². The van der Waals surface area contributed by atoms with E-state index in [-0.39, 0.29) is 75.5 Å². The number of ketones is 4. The second-order valence-electron chi connectivity index (χ2n) is 13.8. The van der Waals surface area contributed by atoms with E-state index in [1.54, 1.807) is 0 Å². The predicted molar refractivity (Wildman–Crippen MR) is 239 cm³/mol. The van der Waals surface area contributed by atoms with E-state index in [9.17, 15) is 95.7 Å². The number of aliphatic hydroxyl groups is 16. The Bertz CT molecular complexity index is 1990. The number of carbonyl (C=O) groups excluding carboxylic acids is 4. The second-order valence-corrected chi connectivity index (χ2v) is 24.9. The molecule has 0 heterocycles. The summed E-state index contributed by atoms with van der Waals surface area (Å²) in [7, 11) is -43.7. The third kappa shape index (κ3) is 47.5.